The first kappa shape index (κ1) is 14.7. The fraction of sp³-hybridized carbons (Fsp3) is 0.286. The molecule has 21 heavy (non-hydrogen) atoms. The Kier molecular flexibility index (Phi) is 4.02. The highest BCUT2D eigenvalue weighted by molar-refractivity contribution is 6.09. The molecule has 1 aromatic carbocycles. The van der Waals surface area contributed by atoms with E-state index < -0.39 is 0 Å². The van der Waals surface area contributed by atoms with Crippen LogP contribution >= 0.6 is 0 Å². The fourth-order valence-corrected chi connectivity index (χ4v) is 1.99. The second-order valence-corrected chi connectivity index (χ2v) is 4.55. The van der Waals surface area contributed by atoms with E-state index >= 15 is 0 Å². The van der Waals surface area contributed by atoms with Crippen molar-refractivity contribution in [3.63, 3.8) is 0 Å². The number of nitrogens with one attached hydrogen (secondary N) is 1. The van der Waals surface area contributed by atoms with Crippen LogP contribution in [0.2, 0.25) is 0 Å². The Morgan fingerprint density at radius 3 is 2.57 bits per heavy atom. The predicted molar refractivity (Wildman–Crippen MR) is 79.9 cm³/mol. The molecule has 3 N–H and O–H groups in total. The van der Waals surface area contributed by atoms with Crippen LogP contribution in [0, 0.1) is 6.92 Å². The minimum absolute atomic E-state index is 0.261. The average Bonchev–Trinajstić information content (AvgIpc) is 2.77. The maximum absolute atomic E-state index is 12.4. The van der Waals surface area contributed by atoms with Gasteiger partial charge in [-0.05, 0) is 13.0 Å². The molecule has 7 nitrogen and oxygen atoms in total. The van der Waals surface area contributed by atoms with Crippen LogP contribution in [0.4, 0.5) is 11.4 Å². The van der Waals surface area contributed by atoms with Crippen molar-refractivity contribution in [1.29, 1.82) is 0 Å². The van der Waals surface area contributed by atoms with Crippen molar-refractivity contribution in [1.82, 2.24) is 9.78 Å². The molecule has 1 heterocycles. The van der Waals surface area contributed by atoms with Gasteiger partial charge in [0.05, 0.1) is 36.9 Å². The van der Waals surface area contributed by atoms with Crippen LogP contribution in [0.5, 0.6) is 11.5 Å². The van der Waals surface area contributed by atoms with Crippen LogP contribution in [0.25, 0.3) is 0 Å². The highest BCUT2D eigenvalue weighted by atomic mass is 16.5. The number of amides is 1. The lowest BCUT2D eigenvalue weighted by Gasteiger charge is -2.12. The summed E-state index contributed by atoms with van der Waals surface area (Å²) >= 11 is 0. The molecule has 0 fully saturated rings. The number of carbonyl (C=O) groups is 1. The van der Waals surface area contributed by atoms with Crippen molar-refractivity contribution in [2.45, 2.75) is 6.92 Å². The summed E-state index contributed by atoms with van der Waals surface area (Å²) in [5.74, 6) is 0.539. The minimum Gasteiger partial charge on any atom is -0.497 e. The highest BCUT2D eigenvalue weighted by Gasteiger charge is 2.17. The summed E-state index contributed by atoms with van der Waals surface area (Å²) < 4.78 is 11.9. The molecule has 0 aliphatic carbocycles. The van der Waals surface area contributed by atoms with Gasteiger partial charge in [0.1, 0.15) is 11.5 Å². The Balaban J connectivity index is 2.36. The van der Waals surface area contributed by atoms with Gasteiger partial charge in [0.15, 0.2) is 0 Å². The number of hydrogen-bond donors (Lipinski definition) is 2. The Morgan fingerprint density at radius 1 is 1.33 bits per heavy atom. The van der Waals surface area contributed by atoms with Crippen LogP contribution in [-0.2, 0) is 7.05 Å². The third kappa shape index (κ3) is 2.91. The van der Waals surface area contributed by atoms with E-state index in [1.807, 2.05) is 6.92 Å². The maximum atomic E-state index is 12.4. The van der Waals surface area contributed by atoms with Crippen molar-refractivity contribution in [3.05, 3.63) is 29.6 Å². The van der Waals surface area contributed by atoms with Crippen LogP contribution in [0.15, 0.2) is 18.3 Å². The molecule has 0 aliphatic heterocycles. The number of rotatable bonds is 4. The van der Waals surface area contributed by atoms with Gasteiger partial charge in [0.2, 0.25) is 0 Å². The zero-order valence-corrected chi connectivity index (χ0v) is 12.4. The van der Waals surface area contributed by atoms with Crippen molar-refractivity contribution in [3.8, 4) is 11.5 Å². The van der Waals surface area contributed by atoms with E-state index in [1.54, 1.807) is 30.1 Å². The molecule has 2 aromatic rings. The quantitative estimate of drug-likeness (QED) is 0.834. The van der Waals surface area contributed by atoms with E-state index in [-0.39, 0.29) is 17.2 Å². The Hall–Kier alpha value is -2.70. The molecule has 7 heteroatoms. The van der Waals surface area contributed by atoms with Crippen molar-refractivity contribution in [2.24, 2.45) is 7.05 Å². The van der Waals surface area contributed by atoms with Crippen LogP contribution in [-0.4, -0.2) is 29.9 Å². The average molecular weight is 290 g/mol. The van der Waals surface area contributed by atoms with E-state index in [4.69, 9.17) is 15.2 Å². The summed E-state index contributed by atoms with van der Waals surface area (Å²) in [6, 6.07) is 3.19. The Morgan fingerprint density at radius 2 is 2.05 bits per heavy atom. The number of carbonyl (C=O) groups excluding carboxylic acids is 1. The second kappa shape index (κ2) is 5.74. The number of nitrogens with zero attached hydrogens (tertiary/aromatic N) is 2. The SMILES string of the molecule is COc1cc(OC)c(N)c(C(=O)Nc2cn(C)nc2C)c1. The largest absolute Gasteiger partial charge is 0.497 e. The van der Waals surface area contributed by atoms with Gasteiger partial charge in [-0.3, -0.25) is 9.48 Å². The smallest absolute Gasteiger partial charge is 0.258 e. The van der Waals surface area contributed by atoms with Crippen LogP contribution in [0.3, 0.4) is 0 Å². The Bertz CT molecular complexity index is 679. The van der Waals surface area contributed by atoms with Gasteiger partial charge >= 0.3 is 0 Å². The highest BCUT2D eigenvalue weighted by Crippen LogP contribution is 2.31. The molecule has 0 spiro atoms. The maximum Gasteiger partial charge on any atom is 0.258 e. The molecule has 1 amide bonds. The molecule has 0 atom stereocenters. The number of anilines is 2. The third-order valence-corrected chi connectivity index (χ3v) is 3.08. The lowest BCUT2D eigenvalue weighted by Crippen LogP contribution is -2.15. The molecule has 2 rings (SSSR count). The molecule has 0 aliphatic rings. The molecule has 0 bridgehead atoms. The zero-order valence-electron chi connectivity index (χ0n) is 12.4. The van der Waals surface area contributed by atoms with E-state index in [0.29, 0.717) is 17.2 Å². The third-order valence-electron chi connectivity index (χ3n) is 3.08. The summed E-state index contributed by atoms with van der Waals surface area (Å²) in [4.78, 5) is 12.4. The first-order valence-electron chi connectivity index (χ1n) is 6.29. The van der Waals surface area contributed by atoms with Gasteiger partial charge < -0.3 is 20.5 Å². The van der Waals surface area contributed by atoms with Crippen LogP contribution < -0.4 is 20.5 Å². The number of hydrogen-bond acceptors (Lipinski definition) is 5. The summed E-state index contributed by atoms with van der Waals surface area (Å²) in [5, 5.41) is 6.95. The fourth-order valence-electron chi connectivity index (χ4n) is 1.99. The van der Waals surface area contributed by atoms with Gasteiger partial charge in [-0.2, -0.15) is 5.10 Å². The number of aromatic nitrogens is 2. The molecule has 0 radical (unpaired) electrons. The topological polar surface area (TPSA) is 91.4 Å². The van der Waals surface area contributed by atoms with Gasteiger partial charge in [-0.15, -0.1) is 0 Å². The second-order valence-electron chi connectivity index (χ2n) is 4.55. The van der Waals surface area contributed by atoms with Crippen LogP contribution in [0.1, 0.15) is 16.1 Å². The number of nitrogen functional groups attached to an aromatic ring is 1. The molecule has 0 unspecified atom stereocenters. The number of aryl methyl sites for hydroxylation is 2. The van der Waals surface area contributed by atoms with E-state index in [0.717, 1.165) is 5.69 Å². The number of ether oxygens (including phenoxy) is 2. The first-order valence-corrected chi connectivity index (χ1v) is 6.29. The van der Waals surface area contributed by atoms with Gasteiger partial charge in [-0.1, -0.05) is 0 Å². The molecule has 112 valence electrons. The molecule has 0 saturated heterocycles. The van der Waals surface area contributed by atoms with Gasteiger partial charge in [0, 0.05) is 19.3 Å². The minimum atomic E-state index is -0.346. The Labute approximate surface area is 122 Å². The van der Waals surface area contributed by atoms with Gasteiger partial charge in [0.25, 0.3) is 5.91 Å². The number of nitrogens with two attached hydrogens (primary N) is 1. The summed E-state index contributed by atoms with van der Waals surface area (Å²) in [5.41, 5.74) is 7.85. The van der Waals surface area contributed by atoms with Gasteiger partial charge in [-0.25, -0.2) is 0 Å². The lowest BCUT2D eigenvalue weighted by atomic mass is 10.1. The van der Waals surface area contributed by atoms with Crippen molar-refractivity contribution in [2.75, 3.05) is 25.3 Å². The summed E-state index contributed by atoms with van der Waals surface area (Å²) in [6.45, 7) is 1.81. The molecule has 0 saturated carbocycles. The van der Waals surface area contributed by atoms with Crippen molar-refractivity contribution < 1.29 is 14.3 Å². The standard InChI is InChI=1S/C14H18N4O3/c1-8-11(7-18(2)17-8)16-14(19)10-5-9(20-3)6-12(21-4)13(10)15/h5-7H,15H2,1-4H3,(H,16,19). The van der Waals surface area contributed by atoms with E-state index in [1.165, 1.54) is 14.2 Å². The van der Waals surface area contributed by atoms with Crippen molar-refractivity contribution >= 4 is 17.3 Å². The first-order chi connectivity index (χ1) is 9.96. The monoisotopic (exact) mass is 290 g/mol. The molecular formula is C14H18N4O3. The normalized spacial score (nSPS) is 10.3. The van der Waals surface area contributed by atoms with E-state index in [9.17, 15) is 4.79 Å². The summed E-state index contributed by atoms with van der Waals surface area (Å²) in [6.07, 6.45) is 1.72. The van der Waals surface area contributed by atoms with E-state index in [2.05, 4.69) is 10.4 Å². The number of methoxy groups -OCH3 is 2. The lowest BCUT2D eigenvalue weighted by molar-refractivity contribution is 0.102. The zero-order chi connectivity index (χ0) is 15.6. The molecule has 1 aromatic heterocycles. The molecular weight excluding hydrogens is 272 g/mol. The predicted octanol–water partition coefficient (Wildman–Crippen LogP) is 1.58. The number of benzene rings is 1. The summed E-state index contributed by atoms with van der Waals surface area (Å²) in [7, 11) is 4.78.